The van der Waals surface area contributed by atoms with Crippen LogP contribution in [0.4, 0.5) is 4.79 Å². The number of carbonyl (C=O) groups is 2. The SMILES string of the molecule is O=C(N[C@H](C(=O)O)C1(c2ccccc2)CC1)OCc1ccccc1. The van der Waals surface area contributed by atoms with E-state index in [1.165, 1.54) is 0 Å². The van der Waals surface area contributed by atoms with E-state index in [0.717, 1.165) is 24.0 Å². The van der Waals surface area contributed by atoms with Crippen molar-refractivity contribution in [1.82, 2.24) is 5.32 Å². The lowest BCUT2D eigenvalue weighted by Crippen LogP contribution is -2.49. The fraction of sp³-hybridized carbons (Fsp3) is 0.263. The van der Waals surface area contributed by atoms with Crippen LogP contribution in [0.1, 0.15) is 24.0 Å². The number of carboxylic acids is 1. The number of hydrogen-bond acceptors (Lipinski definition) is 3. The molecule has 2 aromatic rings. The Kier molecular flexibility index (Phi) is 4.51. The molecule has 0 radical (unpaired) electrons. The van der Waals surface area contributed by atoms with Crippen LogP contribution in [0, 0.1) is 0 Å². The molecule has 0 saturated heterocycles. The molecule has 5 nitrogen and oxygen atoms in total. The number of benzene rings is 2. The normalized spacial score (nSPS) is 16.0. The topological polar surface area (TPSA) is 75.6 Å². The fourth-order valence-corrected chi connectivity index (χ4v) is 2.97. The molecule has 1 atom stereocenters. The van der Waals surface area contributed by atoms with E-state index in [0.29, 0.717) is 0 Å². The summed E-state index contributed by atoms with van der Waals surface area (Å²) in [4.78, 5) is 23.7. The minimum Gasteiger partial charge on any atom is -0.480 e. The number of carboxylic acid groups (broad SMARTS) is 1. The van der Waals surface area contributed by atoms with Crippen molar-refractivity contribution >= 4 is 12.1 Å². The van der Waals surface area contributed by atoms with E-state index in [2.05, 4.69) is 5.32 Å². The maximum Gasteiger partial charge on any atom is 0.408 e. The Bertz CT molecular complexity index is 711. The van der Waals surface area contributed by atoms with Gasteiger partial charge in [0.1, 0.15) is 12.6 Å². The van der Waals surface area contributed by atoms with Gasteiger partial charge in [0.15, 0.2) is 0 Å². The maximum absolute atomic E-state index is 12.0. The molecular weight excluding hydrogens is 306 g/mol. The Balaban J connectivity index is 1.66. The van der Waals surface area contributed by atoms with Crippen LogP contribution in [0.3, 0.4) is 0 Å². The van der Waals surface area contributed by atoms with Crippen LogP contribution in [0.25, 0.3) is 0 Å². The van der Waals surface area contributed by atoms with Crippen LogP contribution in [-0.2, 0) is 21.6 Å². The Morgan fingerprint density at radius 2 is 1.62 bits per heavy atom. The van der Waals surface area contributed by atoms with Crippen LogP contribution in [0.5, 0.6) is 0 Å². The van der Waals surface area contributed by atoms with Gasteiger partial charge in [0.2, 0.25) is 0 Å². The highest BCUT2D eigenvalue weighted by Gasteiger charge is 2.54. The second-order valence-electron chi connectivity index (χ2n) is 6.00. The Labute approximate surface area is 140 Å². The molecule has 1 aliphatic carbocycles. The number of aliphatic carboxylic acids is 1. The first-order valence-corrected chi connectivity index (χ1v) is 7.87. The van der Waals surface area contributed by atoms with Crippen LogP contribution in [0.15, 0.2) is 60.7 Å². The predicted molar refractivity (Wildman–Crippen MR) is 88.5 cm³/mol. The third-order valence-corrected chi connectivity index (χ3v) is 4.41. The maximum atomic E-state index is 12.0. The molecule has 2 N–H and O–H groups in total. The number of rotatable bonds is 6. The van der Waals surface area contributed by atoms with Crippen LogP contribution >= 0.6 is 0 Å². The molecular formula is C19H19NO4. The summed E-state index contributed by atoms with van der Waals surface area (Å²) in [5.74, 6) is -1.05. The molecule has 3 rings (SSSR count). The monoisotopic (exact) mass is 325 g/mol. The quantitative estimate of drug-likeness (QED) is 0.856. The molecule has 0 aromatic heterocycles. The molecule has 0 spiro atoms. The van der Waals surface area contributed by atoms with Crippen LogP contribution in [-0.4, -0.2) is 23.2 Å². The van der Waals surface area contributed by atoms with Gasteiger partial charge in [0, 0.05) is 5.41 Å². The van der Waals surface area contributed by atoms with E-state index in [-0.39, 0.29) is 6.61 Å². The number of alkyl carbamates (subject to hydrolysis) is 1. The number of amides is 1. The van der Waals surface area contributed by atoms with Crippen molar-refractivity contribution in [3.8, 4) is 0 Å². The summed E-state index contributed by atoms with van der Waals surface area (Å²) in [7, 11) is 0. The molecule has 0 bridgehead atoms. The number of ether oxygens (including phenoxy) is 1. The van der Waals surface area contributed by atoms with Crippen LogP contribution < -0.4 is 5.32 Å². The lowest BCUT2D eigenvalue weighted by Gasteiger charge is -2.24. The third-order valence-electron chi connectivity index (χ3n) is 4.41. The Morgan fingerprint density at radius 3 is 2.17 bits per heavy atom. The van der Waals surface area contributed by atoms with Gasteiger partial charge in [0.25, 0.3) is 0 Å². The molecule has 0 unspecified atom stereocenters. The van der Waals surface area contributed by atoms with Crippen molar-refractivity contribution in [3.63, 3.8) is 0 Å². The van der Waals surface area contributed by atoms with Crippen LogP contribution in [0.2, 0.25) is 0 Å². The van der Waals surface area contributed by atoms with Gasteiger partial charge in [-0.1, -0.05) is 60.7 Å². The highest BCUT2D eigenvalue weighted by atomic mass is 16.5. The first-order chi connectivity index (χ1) is 11.6. The number of hydrogen-bond donors (Lipinski definition) is 2. The Morgan fingerprint density at radius 1 is 1.04 bits per heavy atom. The average molecular weight is 325 g/mol. The lowest BCUT2D eigenvalue weighted by molar-refractivity contribution is -0.140. The standard InChI is InChI=1S/C19H19NO4/c21-17(22)16(19(11-12-19)15-9-5-2-6-10-15)20-18(23)24-13-14-7-3-1-4-8-14/h1-10,16H,11-13H2,(H,20,23)(H,21,22)/t16-/m1/s1. The highest BCUT2D eigenvalue weighted by Crippen LogP contribution is 2.51. The van der Waals surface area contributed by atoms with Gasteiger partial charge in [-0.25, -0.2) is 9.59 Å². The average Bonchev–Trinajstić information content (AvgIpc) is 3.41. The second kappa shape index (κ2) is 6.74. The first-order valence-electron chi connectivity index (χ1n) is 7.87. The zero-order chi connectivity index (χ0) is 17.0. The zero-order valence-electron chi connectivity index (χ0n) is 13.1. The summed E-state index contributed by atoms with van der Waals surface area (Å²) in [6, 6.07) is 17.7. The number of nitrogens with one attached hydrogen (secondary N) is 1. The summed E-state index contributed by atoms with van der Waals surface area (Å²) in [5, 5.41) is 12.1. The van der Waals surface area contributed by atoms with Crippen molar-refractivity contribution in [2.45, 2.75) is 30.9 Å². The largest absolute Gasteiger partial charge is 0.480 e. The van der Waals surface area contributed by atoms with Gasteiger partial charge < -0.3 is 15.2 Å². The molecule has 1 aliphatic rings. The van der Waals surface area contributed by atoms with E-state index < -0.39 is 23.5 Å². The summed E-state index contributed by atoms with van der Waals surface area (Å²) < 4.78 is 5.15. The number of carbonyl (C=O) groups excluding carboxylic acids is 1. The molecule has 0 aliphatic heterocycles. The van der Waals surface area contributed by atoms with Gasteiger partial charge in [-0.2, -0.15) is 0 Å². The van der Waals surface area contributed by atoms with Gasteiger partial charge in [-0.3, -0.25) is 0 Å². The van der Waals surface area contributed by atoms with Gasteiger partial charge >= 0.3 is 12.1 Å². The van der Waals surface area contributed by atoms with E-state index in [1.807, 2.05) is 60.7 Å². The molecule has 24 heavy (non-hydrogen) atoms. The predicted octanol–water partition coefficient (Wildman–Crippen LogP) is 3.10. The fourth-order valence-electron chi connectivity index (χ4n) is 2.97. The van der Waals surface area contributed by atoms with E-state index in [4.69, 9.17) is 4.74 Å². The van der Waals surface area contributed by atoms with Crippen molar-refractivity contribution < 1.29 is 19.4 Å². The Hall–Kier alpha value is -2.82. The summed E-state index contributed by atoms with van der Waals surface area (Å²) in [6.07, 6.45) is 0.744. The molecule has 1 amide bonds. The molecule has 1 saturated carbocycles. The third kappa shape index (κ3) is 3.40. The van der Waals surface area contributed by atoms with Gasteiger partial charge in [-0.15, -0.1) is 0 Å². The van der Waals surface area contributed by atoms with E-state index >= 15 is 0 Å². The molecule has 124 valence electrons. The molecule has 1 fully saturated rings. The van der Waals surface area contributed by atoms with Crippen molar-refractivity contribution in [2.75, 3.05) is 0 Å². The van der Waals surface area contributed by atoms with E-state index in [1.54, 1.807) is 0 Å². The second-order valence-corrected chi connectivity index (χ2v) is 6.00. The summed E-state index contributed by atoms with van der Waals surface area (Å²) >= 11 is 0. The lowest BCUT2D eigenvalue weighted by atomic mass is 9.88. The summed E-state index contributed by atoms with van der Waals surface area (Å²) in [5.41, 5.74) is 1.24. The van der Waals surface area contributed by atoms with Gasteiger partial charge in [0.05, 0.1) is 0 Å². The zero-order valence-corrected chi connectivity index (χ0v) is 13.1. The molecule has 0 heterocycles. The first kappa shape index (κ1) is 16.1. The highest BCUT2D eigenvalue weighted by molar-refractivity contribution is 5.82. The van der Waals surface area contributed by atoms with Crippen molar-refractivity contribution in [2.24, 2.45) is 0 Å². The molecule has 2 aromatic carbocycles. The van der Waals surface area contributed by atoms with Crippen molar-refractivity contribution in [1.29, 1.82) is 0 Å². The van der Waals surface area contributed by atoms with Gasteiger partial charge in [-0.05, 0) is 24.0 Å². The summed E-state index contributed by atoms with van der Waals surface area (Å²) in [6.45, 7) is 0.108. The molecule has 5 heteroatoms. The minimum atomic E-state index is -1.05. The van der Waals surface area contributed by atoms with Crippen molar-refractivity contribution in [3.05, 3.63) is 71.8 Å². The van der Waals surface area contributed by atoms with E-state index in [9.17, 15) is 14.7 Å². The smallest absolute Gasteiger partial charge is 0.408 e. The minimum absolute atomic E-state index is 0.108.